The normalized spacial score (nSPS) is 19.9. The molecule has 1 heterocycles. The highest BCUT2D eigenvalue weighted by Gasteiger charge is 2.57. The molecule has 0 aromatic heterocycles. The molecule has 0 unspecified atom stereocenters. The van der Waals surface area contributed by atoms with Crippen LogP contribution in [0, 0.1) is 0 Å². The smallest absolute Gasteiger partial charge is 0.174 e. The Morgan fingerprint density at radius 1 is 1.10 bits per heavy atom. The summed E-state index contributed by atoms with van der Waals surface area (Å²) < 4.78 is 17.8. The summed E-state index contributed by atoms with van der Waals surface area (Å²) in [6.07, 6.45) is 0. The maximum atomic E-state index is 6.16. The Kier molecular flexibility index (Phi) is 5.27. The first-order valence-electron chi connectivity index (χ1n) is 6.86. The van der Waals surface area contributed by atoms with Gasteiger partial charge in [-0.15, -0.1) is 0 Å². The molecule has 110 valence electrons. The molecule has 20 heavy (non-hydrogen) atoms. The Labute approximate surface area is 126 Å². The number of thioether (sulfide) groups is 1. The summed E-state index contributed by atoms with van der Waals surface area (Å²) in [6, 6.07) is 10.3. The standard InChI is InChI=1S/C15H22O3PS/c1-5-16-19(17-6-2)12-14(15(3,4)18-19)20-13-10-8-7-9-11-13/h7-12H,5-6H2,1-4H3/q+1. The second kappa shape index (κ2) is 6.59. The molecule has 2 rings (SSSR count). The largest absolute Gasteiger partial charge is 0.442 e. The number of benzene rings is 1. The Morgan fingerprint density at radius 3 is 2.25 bits per heavy atom. The minimum Gasteiger partial charge on any atom is -0.174 e. The van der Waals surface area contributed by atoms with Crippen LogP contribution in [0.2, 0.25) is 0 Å². The zero-order chi connectivity index (χ0) is 14.6. The lowest BCUT2D eigenvalue weighted by Crippen LogP contribution is -2.21. The van der Waals surface area contributed by atoms with Gasteiger partial charge in [-0.25, -0.2) is 0 Å². The van der Waals surface area contributed by atoms with Crippen LogP contribution < -0.4 is 0 Å². The molecule has 0 amide bonds. The highest BCUT2D eigenvalue weighted by atomic mass is 32.2. The third-order valence-electron chi connectivity index (χ3n) is 2.81. The van der Waals surface area contributed by atoms with Crippen LogP contribution >= 0.6 is 19.7 Å². The fourth-order valence-electron chi connectivity index (χ4n) is 1.98. The van der Waals surface area contributed by atoms with E-state index in [1.54, 1.807) is 11.8 Å². The van der Waals surface area contributed by atoms with Gasteiger partial charge in [-0.05, 0) is 39.8 Å². The van der Waals surface area contributed by atoms with Crippen LogP contribution in [-0.2, 0) is 13.6 Å². The van der Waals surface area contributed by atoms with Gasteiger partial charge >= 0.3 is 7.94 Å². The Balaban J connectivity index is 2.24. The van der Waals surface area contributed by atoms with Crippen LogP contribution in [-0.4, -0.2) is 18.8 Å². The van der Waals surface area contributed by atoms with E-state index in [1.807, 2.05) is 32.0 Å². The van der Waals surface area contributed by atoms with Gasteiger partial charge in [-0.2, -0.15) is 13.6 Å². The molecule has 0 saturated carbocycles. The van der Waals surface area contributed by atoms with Gasteiger partial charge in [0.05, 0.1) is 18.1 Å². The van der Waals surface area contributed by atoms with Crippen molar-refractivity contribution in [2.45, 2.75) is 38.2 Å². The predicted molar refractivity (Wildman–Crippen MR) is 85.7 cm³/mol. The Hall–Kier alpha value is -0.380. The van der Waals surface area contributed by atoms with Crippen molar-refractivity contribution in [3.63, 3.8) is 0 Å². The van der Waals surface area contributed by atoms with Crippen molar-refractivity contribution >= 4 is 19.7 Å². The van der Waals surface area contributed by atoms with E-state index < -0.39 is 7.94 Å². The van der Waals surface area contributed by atoms with Gasteiger partial charge in [0.25, 0.3) is 0 Å². The summed E-state index contributed by atoms with van der Waals surface area (Å²) in [4.78, 5) is 2.35. The molecule has 0 atom stereocenters. The van der Waals surface area contributed by atoms with Gasteiger partial charge in [0.1, 0.15) is 5.60 Å². The first-order valence-corrected chi connectivity index (χ1v) is 9.29. The quantitative estimate of drug-likeness (QED) is 0.669. The van der Waals surface area contributed by atoms with Crippen molar-refractivity contribution in [1.82, 2.24) is 0 Å². The summed E-state index contributed by atoms with van der Waals surface area (Å²) in [5.41, 5.74) is -0.376. The van der Waals surface area contributed by atoms with Crippen molar-refractivity contribution in [1.29, 1.82) is 0 Å². The minimum absolute atomic E-state index is 0.376. The molecule has 0 saturated heterocycles. The molecule has 1 aromatic rings. The van der Waals surface area contributed by atoms with Gasteiger partial charge in [0, 0.05) is 4.90 Å². The molecule has 0 radical (unpaired) electrons. The predicted octanol–water partition coefficient (Wildman–Crippen LogP) is 5.26. The van der Waals surface area contributed by atoms with Crippen molar-refractivity contribution in [2.24, 2.45) is 0 Å². The molecular formula is C15H22O3PS+. The van der Waals surface area contributed by atoms with Crippen LogP contribution in [0.4, 0.5) is 0 Å². The molecule has 1 aliphatic rings. The number of hydrogen-bond acceptors (Lipinski definition) is 4. The van der Waals surface area contributed by atoms with E-state index in [1.165, 1.54) is 4.90 Å². The SMILES string of the molecule is CCO[P+]1(OCC)C=C(Sc2ccccc2)C(C)(C)O1. The van der Waals surface area contributed by atoms with Crippen LogP contribution in [0.5, 0.6) is 0 Å². The van der Waals surface area contributed by atoms with Crippen molar-refractivity contribution in [3.05, 3.63) is 41.1 Å². The van der Waals surface area contributed by atoms with Crippen LogP contribution in [0.25, 0.3) is 0 Å². The van der Waals surface area contributed by atoms with Crippen molar-refractivity contribution in [2.75, 3.05) is 13.2 Å². The summed E-state index contributed by atoms with van der Waals surface area (Å²) in [7, 11) is -2.34. The highest BCUT2D eigenvalue weighted by Crippen LogP contribution is 2.72. The molecule has 0 N–H and O–H groups in total. The lowest BCUT2D eigenvalue weighted by Gasteiger charge is -2.21. The average molecular weight is 313 g/mol. The zero-order valence-corrected chi connectivity index (χ0v) is 14.2. The van der Waals surface area contributed by atoms with Gasteiger partial charge in [-0.3, -0.25) is 0 Å². The third-order valence-corrected chi connectivity index (χ3v) is 6.85. The lowest BCUT2D eigenvalue weighted by molar-refractivity contribution is 0.0951. The van der Waals surface area contributed by atoms with Gasteiger partial charge in [0.15, 0.2) is 5.82 Å². The monoisotopic (exact) mass is 313 g/mol. The molecule has 3 nitrogen and oxygen atoms in total. The van der Waals surface area contributed by atoms with Crippen molar-refractivity contribution < 1.29 is 13.6 Å². The van der Waals surface area contributed by atoms with E-state index in [-0.39, 0.29) is 5.60 Å². The summed E-state index contributed by atoms with van der Waals surface area (Å²) in [6.45, 7) is 9.23. The fourth-order valence-corrected chi connectivity index (χ4v) is 5.91. The maximum absolute atomic E-state index is 6.16. The second-order valence-corrected chi connectivity index (χ2v) is 8.04. The molecule has 0 spiro atoms. The topological polar surface area (TPSA) is 27.7 Å². The summed E-state index contributed by atoms with van der Waals surface area (Å²) in [5, 5.41) is 0. The Bertz CT molecular complexity index is 467. The third kappa shape index (κ3) is 3.63. The van der Waals surface area contributed by atoms with Crippen LogP contribution in [0.3, 0.4) is 0 Å². The first kappa shape index (κ1) is 16.0. The molecule has 5 heteroatoms. The van der Waals surface area contributed by atoms with E-state index in [9.17, 15) is 0 Å². The summed E-state index contributed by atoms with van der Waals surface area (Å²) >= 11 is 1.72. The number of hydrogen-bond donors (Lipinski definition) is 0. The molecular weight excluding hydrogens is 291 g/mol. The Morgan fingerprint density at radius 2 is 1.70 bits per heavy atom. The van der Waals surface area contributed by atoms with E-state index in [4.69, 9.17) is 13.6 Å². The molecule has 0 fully saturated rings. The summed E-state index contributed by atoms with van der Waals surface area (Å²) in [5.74, 6) is 2.07. The van der Waals surface area contributed by atoms with Gasteiger partial charge < -0.3 is 0 Å². The van der Waals surface area contributed by atoms with E-state index in [2.05, 4.69) is 31.8 Å². The van der Waals surface area contributed by atoms with Crippen LogP contribution in [0.15, 0.2) is 45.9 Å². The molecule has 0 bridgehead atoms. The zero-order valence-electron chi connectivity index (χ0n) is 12.5. The van der Waals surface area contributed by atoms with E-state index >= 15 is 0 Å². The van der Waals surface area contributed by atoms with Crippen molar-refractivity contribution in [3.8, 4) is 0 Å². The maximum Gasteiger partial charge on any atom is 0.442 e. The molecule has 1 aromatic carbocycles. The van der Waals surface area contributed by atoms with Crippen LogP contribution in [0.1, 0.15) is 27.7 Å². The molecule has 0 aliphatic carbocycles. The first-order chi connectivity index (χ1) is 9.51. The molecule has 1 aliphatic heterocycles. The van der Waals surface area contributed by atoms with E-state index in [0.29, 0.717) is 13.2 Å². The minimum atomic E-state index is -2.34. The second-order valence-electron chi connectivity index (χ2n) is 4.89. The van der Waals surface area contributed by atoms with E-state index in [0.717, 1.165) is 4.91 Å². The average Bonchev–Trinajstić information content (AvgIpc) is 2.62. The van der Waals surface area contributed by atoms with Gasteiger partial charge in [-0.1, -0.05) is 30.0 Å². The fraction of sp³-hybridized carbons (Fsp3) is 0.467. The number of rotatable bonds is 6. The van der Waals surface area contributed by atoms with Gasteiger partial charge in [0.2, 0.25) is 0 Å². The lowest BCUT2D eigenvalue weighted by atomic mass is 10.1. The highest BCUT2D eigenvalue weighted by molar-refractivity contribution is 8.03.